The predicted molar refractivity (Wildman–Crippen MR) is 63.8 cm³/mol. The number of rotatable bonds is 2. The lowest BCUT2D eigenvalue weighted by molar-refractivity contribution is 0.0306. The molecule has 1 aliphatic carbocycles. The lowest BCUT2D eigenvalue weighted by atomic mass is 10.1. The smallest absolute Gasteiger partial charge is 0.409 e. The number of piperazine rings is 1. The summed E-state index contributed by atoms with van der Waals surface area (Å²) in [6, 6.07) is 0.305. The van der Waals surface area contributed by atoms with Crippen molar-refractivity contribution in [2.24, 2.45) is 0 Å². The Kier molecular flexibility index (Phi) is 4.23. The van der Waals surface area contributed by atoms with Crippen LogP contribution in [0.25, 0.3) is 0 Å². The van der Waals surface area contributed by atoms with Crippen molar-refractivity contribution >= 4 is 6.09 Å². The average Bonchev–Trinajstić information content (AvgIpc) is 2.76. The summed E-state index contributed by atoms with van der Waals surface area (Å²) in [5, 5.41) is 9.85. The molecule has 2 aliphatic rings. The Bertz CT molecular complexity index is 264. The topological polar surface area (TPSA) is 53.0 Å². The summed E-state index contributed by atoms with van der Waals surface area (Å²) >= 11 is 0. The molecule has 0 radical (unpaired) electrons. The fraction of sp³-hybridized carbons (Fsp3) is 0.917. The van der Waals surface area contributed by atoms with Crippen LogP contribution in [0.2, 0.25) is 0 Å². The minimum atomic E-state index is -0.209. The number of ether oxygens (including phenoxy) is 1. The molecule has 0 aromatic rings. The van der Waals surface area contributed by atoms with Gasteiger partial charge in [-0.25, -0.2) is 4.79 Å². The third-order valence-corrected chi connectivity index (χ3v) is 3.75. The van der Waals surface area contributed by atoms with Gasteiger partial charge in [0.1, 0.15) is 0 Å². The summed E-state index contributed by atoms with van der Waals surface area (Å²) in [6.07, 6.45) is 2.73. The number of hydrogen-bond acceptors (Lipinski definition) is 4. The van der Waals surface area contributed by atoms with Gasteiger partial charge in [-0.2, -0.15) is 0 Å². The molecule has 98 valence electrons. The van der Waals surface area contributed by atoms with E-state index in [1.165, 1.54) is 0 Å². The van der Waals surface area contributed by atoms with Gasteiger partial charge in [-0.05, 0) is 26.2 Å². The van der Waals surface area contributed by atoms with E-state index in [2.05, 4.69) is 4.90 Å². The van der Waals surface area contributed by atoms with Gasteiger partial charge in [0, 0.05) is 32.2 Å². The van der Waals surface area contributed by atoms with Crippen molar-refractivity contribution in [1.82, 2.24) is 9.80 Å². The van der Waals surface area contributed by atoms with E-state index in [0.717, 1.165) is 32.4 Å². The maximum Gasteiger partial charge on any atom is 0.409 e. The fourth-order valence-electron chi connectivity index (χ4n) is 2.80. The van der Waals surface area contributed by atoms with Crippen LogP contribution in [0.5, 0.6) is 0 Å². The largest absolute Gasteiger partial charge is 0.450 e. The zero-order chi connectivity index (χ0) is 12.3. The van der Waals surface area contributed by atoms with E-state index in [4.69, 9.17) is 4.74 Å². The molecule has 1 N–H and O–H groups in total. The average molecular weight is 242 g/mol. The maximum absolute atomic E-state index is 11.5. The number of aliphatic hydroxyl groups excluding tert-OH is 1. The third-order valence-electron chi connectivity index (χ3n) is 3.75. The van der Waals surface area contributed by atoms with Gasteiger partial charge in [0.2, 0.25) is 0 Å². The van der Waals surface area contributed by atoms with E-state index < -0.39 is 0 Å². The van der Waals surface area contributed by atoms with Crippen LogP contribution < -0.4 is 0 Å². The summed E-state index contributed by atoms with van der Waals surface area (Å²) in [5.41, 5.74) is 0. The highest BCUT2D eigenvalue weighted by Crippen LogP contribution is 2.25. The van der Waals surface area contributed by atoms with Crippen LogP contribution in [0.4, 0.5) is 4.79 Å². The predicted octanol–water partition coefficient (Wildman–Crippen LogP) is 0.674. The Labute approximate surface area is 102 Å². The molecule has 2 atom stereocenters. The highest BCUT2D eigenvalue weighted by atomic mass is 16.6. The first-order valence-electron chi connectivity index (χ1n) is 6.56. The third kappa shape index (κ3) is 2.90. The van der Waals surface area contributed by atoms with Crippen molar-refractivity contribution in [2.45, 2.75) is 38.3 Å². The van der Waals surface area contributed by atoms with Crippen molar-refractivity contribution in [3.8, 4) is 0 Å². The van der Waals surface area contributed by atoms with Crippen molar-refractivity contribution < 1.29 is 14.6 Å². The molecule has 0 aromatic carbocycles. The Morgan fingerprint density at radius 1 is 1.29 bits per heavy atom. The minimum absolute atomic E-state index is 0.177. The molecule has 0 aromatic heterocycles. The molecule has 2 rings (SSSR count). The molecule has 1 saturated heterocycles. The molecule has 1 saturated carbocycles. The lowest BCUT2D eigenvalue weighted by Crippen LogP contribution is -2.53. The highest BCUT2D eigenvalue weighted by molar-refractivity contribution is 5.67. The Hall–Kier alpha value is -0.810. The molecule has 1 amide bonds. The summed E-state index contributed by atoms with van der Waals surface area (Å²) < 4.78 is 4.98. The molecule has 0 unspecified atom stereocenters. The van der Waals surface area contributed by atoms with Crippen molar-refractivity contribution in [3.63, 3.8) is 0 Å². The molecule has 2 fully saturated rings. The molecular formula is C12H22N2O3. The maximum atomic E-state index is 11.5. The van der Waals surface area contributed by atoms with E-state index >= 15 is 0 Å². The molecule has 0 spiro atoms. The molecule has 1 aliphatic heterocycles. The quantitative estimate of drug-likeness (QED) is 0.773. The standard InChI is InChI=1S/C12H22N2O3/c1-2-17-12(16)14-8-6-13(7-9-14)10-4-3-5-11(10)15/h10-11,15H,2-9H2,1H3/t10-,11-/m1/s1. The van der Waals surface area contributed by atoms with E-state index in [0.29, 0.717) is 25.7 Å². The van der Waals surface area contributed by atoms with Crippen LogP contribution in [0.15, 0.2) is 0 Å². The summed E-state index contributed by atoms with van der Waals surface area (Å²) in [7, 11) is 0. The lowest BCUT2D eigenvalue weighted by Gasteiger charge is -2.38. The number of hydrogen-bond donors (Lipinski definition) is 1. The van der Waals surface area contributed by atoms with E-state index in [-0.39, 0.29) is 12.2 Å². The number of aliphatic hydroxyl groups is 1. The molecular weight excluding hydrogens is 220 g/mol. The zero-order valence-corrected chi connectivity index (χ0v) is 10.5. The first kappa shape index (κ1) is 12.6. The first-order chi connectivity index (χ1) is 8.22. The zero-order valence-electron chi connectivity index (χ0n) is 10.5. The van der Waals surface area contributed by atoms with Crippen LogP contribution >= 0.6 is 0 Å². The van der Waals surface area contributed by atoms with Gasteiger partial charge in [0.25, 0.3) is 0 Å². The SMILES string of the molecule is CCOC(=O)N1CCN([C@@H]2CCC[C@H]2O)CC1. The Balaban J connectivity index is 1.79. The van der Waals surface area contributed by atoms with Crippen LogP contribution in [0.3, 0.4) is 0 Å². The number of carbonyl (C=O) groups is 1. The second-order valence-corrected chi connectivity index (χ2v) is 4.79. The number of nitrogens with zero attached hydrogens (tertiary/aromatic N) is 2. The van der Waals surface area contributed by atoms with Crippen LogP contribution in [0, 0.1) is 0 Å². The Morgan fingerprint density at radius 2 is 2.00 bits per heavy atom. The van der Waals surface area contributed by atoms with Gasteiger partial charge in [0.05, 0.1) is 12.7 Å². The normalized spacial score (nSPS) is 30.6. The summed E-state index contributed by atoms with van der Waals surface area (Å²) in [4.78, 5) is 15.6. The van der Waals surface area contributed by atoms with Gasteiger partial charge in [-0.1, -0.05) is 0 Å². The molecule has 5 nitrogen and oxygen atoms in total. The minimum Gasteiger partial charge on any atom is -0.450 e. The van der Waals surface area contributed by atoms with Gasteiger partial charge in [0.15, 0.2) is 0 Å². The van der Waals surface area contributed by atoms with Crippen molar-refractivity contribution in [1.29, 1.82) is 0 Å². The summed E-state index contributed by atoms with van der Waals surface area (Å²) in [6.45, 7) is 5.37. The second-order valence-electron chi connectivity index (χ2n) is 4.79. The van der Waals surface area contributed by atoms with Gasteiger partial charge in [-0.15, -0.1) is 0 Å². The van der Waals surface area contributed by atoms with Crippen molar-refractivity contribution in [2.75, 3.05) is 32.8 Å². The monoisotopic (exact) mass is 242 g/mol. The molecule has 17 heavy (non-hydrogen) atoms. The van der Waals surface area contributed by atoms with Crippen LogP contribution in [-0.2, 0) is 4.74 Å². The van der Waals surface area contributed by atoms with Gasteiger partial charge in [-0.3, -0.25) is 4.90 Å². The second kappa shape index (κ2) is 5.69. The van der Waals surface area contributed by atoms with Crippen molar-refractivity contribution in [3.05, 3.63) is 0 Å². The summed E-state index contributed by atoms with van der Waals surface area (Å²) in [5.74, 6) is 0. The molecule has 5 heteroatoms. The first-order valence-corrected chi connectivity index (χ1v) is 6.56. The molecule has 0 bridgehead atoms. The van der Waals surface area contributed by atoms with E-state index in [9.17, 15) is 9.90 Å². The Morgan fingerprint density at radius 3 is 2.53 bits per heavy atom. The fourth-order valence-corrected chi connectivity index (χ4v) is 2.80. The van der Waals surface area contributed by atoms with E-state index in [1.807, 2.05) is 6.92 Å². The van der Waals surface area contributed by atoms with Crippen LogP contribution in [0.1, 0.15) is 26.2 Å². The number of carbonyl (C=O) groups excluding carboxylic acids is 1. The number of amides is 1. The van der Waals surface area contributed by atoms with Gasteiger partial charge < -0.3 is 14.7 Å². The van der Waals surface area contributed by atoms with E-state index in [1.54, 1.807) is 4.90 Å². The highest BCUT2D eigenvalue weighted by Gasteiger charge is 2.33. The van der Waals surface area contributed by atoms with Gasteiger partial charge >= 0.3 is 6.09 Å². The molecule has 1 heterocycles. The van der Waals surface area contributed by atoms with Crippen LogP contribution in [-0.4, -0.2) is 65.9 Å².